The highest BCUT2D eigenvalue weighted by molar-refractivity contribution is 6.06. The van der Waals surface area contributed by atoms with Crippen LogP contribution in [0.2, 0.25) is 0 Å². The second-order valence-electron chi connectivity index (χ2n) is 6.70. The van der Waals surface area contributed by atoms with Gasteiger partial charge >= 0.3 is 0 Å². The molecule has 2 aromatic heterocycles. The van der Waals surface area contributed by atoms with Gasteiger partial charge in [-0.15, -0.1) is 0 Å². The van der Waals surface area contributed by atoms with Gasteiger partial charge in [0.05, 0.1) is 30.9 Å². The van der Waals surface area contributed by atoms with Crippen LogP contribution >= 0.6 is 0 Å². The number of para-hydroxylation sites is 1. The summed E-state index contributed by atoms with van der Waals surface area (Å²) in [6.45, 7) is 2.51. The van der Waals surface area contributed by atoms with Crippen LogP contribution in [0.25, 0.3) is 21.9 Å². The first-order valence-corrected chi connectivity index (χ1v) is 8.27. The first kappa shape index (κ1) is 17.6. The number of aliphatic hydroxyl groups is 2. The number of methoxy groups -OCH3 is 1. The van der Waals surface area contributed by atoms with E-state index < -0.39 is 5.41 Å². The molecule has 4 N–H and O–H groups in total. The van der Waals surface area contributed by atoms with Gasteiger partial charge in [0.15, 0.2) is 5.82 Å². The molecule has 0 unspecified atom stereocenters. The van der Waals surface area contributed by atoms with Crippen LogP contribution in [0.5, 0.6) is 0 Å². The van der Waals surface area contributed by atoms with E-state index in [4.69, 9.17) is 10.5 Å². The summed E-state index contributed by atoms with van der Waals surface area (Å²) in [6, 6.07) is 7.76. The molecule has 7 nitrogen and oxygen atoms in total. The molecule has 0 amide bonds. The molecule has 0 aliphatic rings. The maximum absolute atomic E-state index is 9.74. The zero-order chi connectivity index (χ0) is 18.0. The Morgan fingerprint density at radius 2 is 1.92 bits per heavy atom. The summed E-state index contributed by atoms with van der Waals surface area (Å²) in [5.74, 6) is 1.18. The van der Waals surface area contributed by atoms with E-state index in [1.165, 1.54) is 0 Å². The van der Waals surface area contributed by atoms with E-state index >= 15 is 0 Å². The Morgan fingerprint density at radius 1 is 1.20 bits per heavy atom. The minimum atomic E-state index is -0.672. The van der Waals surface area contributed by atoms with Gasteiger partial charge in [-0.3, -0.25) is 0 Å². The standard InChI is InChI=1S/C18H24N4O3/c1-18(10-23,11-24)9-22-14(7-8-25-2)21-15-16(22)12-5-3-4-6-13(12)20-17(15)19/h3-6,23-24H,7-11H2,1-2H3,(H2,19,20). The third-order valence-electron chi connectivity index (χ3n) is 4.52. The van der Waals surface area contributed by atoms with Crippen LogP contribution in [0.3, 0.4) is 0 Å². The van der Waals surface area contributed by atoms with Gasteiger partial charge in [-0.2, -0.15) is 0 Å². The number of nitrogens with zero attached hydrogens (tertiary/aromatic N) is 3. The lowest BCUT2D eigenvalue weighted by molar-refractivity contribution is 0.0555. The number of anilines is 1. The second-order valence-corrected chi connectivity index (χ2v) is 6.70. The van der Waals surface area contributed by atoms with Crippen molar-refractivity contribution in [1.82, 2.24) is 14.5 Å². The van der Waals surface area contributed by atoms with Crippen molar-refractivity contribution in [3.05, 3.63) is 30.1 Å². The molecule has 1 aromatic carbocycles. The number of benzene rings is 1. The van der Waals surface area contributed by atoms with Gasteiger partial charge < -0.3 is 25.3 Å². The molecule has 0 spiro atoms. The van der Waals surface area contributed by atoms with Crippen molar-refractivity contribution in [3.8, 4) is 0 Å². The Balaban J connectivity index is 2.29. The number of aromatic nitrogens is 3. The van der Waals surface area contributed by atoms with Gasteiger partial charge in [-0.1, -0.05) is 25.1 Å². The number of imidazole rings is 1. The number of aliphatic hydroxyl groups excluding tert-OH is 2. The highest BCUT2D eigenvalue weighted by atomic mass is 16.5. The molecule has 0 radical (unpaired) electrons. The smallest absolute Gasteiger partial charge is 0.152 e. The monoisotopic (exact) mass is 344 g/mol. The SMILES string of the molecule is COCCc1nc2c(N)nc3ccccc3c2n1CC(C)(CO)CO. The Morgan fingerprint density at radius 3 is 2.60 bits per heavy atom. The summed E-state index contributed by atoms with van der Waals surface area (Å²) in [6.07, 6.45) is 0.603. The van der Waals surface area contributed by atoms with Gasteiger partial charge in [0.2, 0.25) is 0 Å². The zero-order valence-corrected chi connectivity index (χ0v) is 14.6. The number of fused-ring (bicyclic) bond motifs is 3. The van der Waals surface area contributed by atoms with Crippen LogP contribution in [-0.2, 0) is 17.7 Å². The second kappa shape index (κ2) is 6.95. The molecular formula is C18H24N4O3. The first-order valence-electron chi connectivity index (χ1n) is 8.27. The van der Waals surface area contributed by atoms with E-state index in [1.807, 2.05) is 35.8 Å². The molecule has 0 fully saturated rings. The lowest BCUT2D eigenvalue weighted by Gasteiger charge is -2.26. The number of pyridine rings is 1. The molecule has 7 heteroatoms. The molecule has 3 aromatic rings. The molecule has 0 aliphatic carbocycles. The molecule has 3 rings (SSSR count). The summed E-state index contributed by atoms with van der Waals surface area (Å²) in [7, 11) is 1.64. The summed E-state index contributed by atoms with van der Waals surface area (Å²) >= 11 is 0. The molecular weight excluding hydrogens is 320 g/mol. The number of hydrogen-bond acceptors (Lipinski definition) is 6. The van der Waals surface area contributed by atoms with Crippen LogP contribution in [0, 0.1) is 5.41 Å². The third kappa shape index (κ3) is 3.18. The number of ether oxygens (including phenoxy) is 1. The van der Waals surface area contributed by atoms with E-state index in [9.17, 15) is 10.2 Å². The lowest BCUT2D eigenvalue weighted by Crippen LogP contribution is -2.32. The van der Waals surface area contributed by atoms with Gasteiger partial charge in [-0.05, 0) is 6.07 Å². The topological polar surface area (TPSA) is 106 Å². The largest absolute Gasteiger partial charge is 0.396 e. The van der Waals surface area contributed by atoms with E-state index in [0.717, 1.165) is 22.2 Å². The normalized spacial score (nSPS) is 12.3. The summed E-state index contributed by atoms with van der Waals surface area (Å²) in [5, 5.41) is 20.4. The zero-order valence-electron chi connectivity index (χ0n) is 14.6. The van der Waals surface area contributed by atoms with E-state index in [2.05, 4.69) is 9.97 Å². The predicted molar refractivity (Wildman–Crippen MR) is 97.3 cm³/mol. The predicted octanol–water partition coefficient (Wildman–Crippen LogP) is 1.35. The average Bonchev–Trinajstić information content (AvgIpc) is 2.99. The minimum Gasteiger partial charge on any atom is -0.396 e. The molecule has 0 saturated carbocycles. The number of hydrogen-bond donors (Lipinski definition) is 3. The fourth-order valence-electron chi connectivity index (χ4n) is 2.99. The summed E-state index contributed by atoms with van der Waals surface area (Å²) < 4.78 is 7.23. The molecule has 25 heavy (non-hydrogen) atoms. The van der Waals surface area contributed by atoms with Crippen LogP contribution in [-0.4, -0.2) is 51.7 Å². The van der Waals surface area contributed by atoms with Crippen LogP contribution in [0.1, 0.15) is 12.7 Å². The maximum atomic E-state index is 9.74. The van der Waals surface area contributed by atoms with Crippen molar-refractivity contribution < 1.29 is 14.9 Å². The van der Waals surface area contributed by atoms with Crippen molar-refractivity contribution in [2.24, 2.45) is 5.41 Å². The Labute approximate surface area is 146 Å². The van der Waals surface area contributed by atoms with E-state index in [-0.39, 0.29) is 13.2 Å². The number of nitrogen functional groups attached to an aromatic ring is 1. The van der Waals surface area contributed by atoms with Crippen molar-refractivity contribution in [2.75, 3.05) is 32.7 Å². The molecule has 0 atom stereocenters. The Kier molecular flexibility index (Phi) is 4.89. The summed E-state index contributed by atoms with van der Waals surface area (Å²) in [5.41, 5.74) is 7.78. The van der Waals surface area contributed by atoms with E-state index in [1.54, 1.807) is 7.11 Å². The van der Waals surface area contributed by atoms with Crippen LogP contribution < -0.4 is 5.73 Å². The summed E-state index contributed by atoms with van der Waals surface area (Å²) in [4.78, 5) is 9.13. The fraction of sp³-hybridized carbons (Fsp3) is 0.444. The highest BCUT2D eigenvalue weighted by Gasteiger charge is 2.27. The Hall–Kier alpha value is -2.22. The molecule has 0 saturated heterocycles. The van der Waals surface area contributed by atoms with Crippen LogP contribution in [0.4, 0.5) is 5.82 Å². The van der Waals surface area contributed by atoms with Crippen LogP contribution in [0.15, 0.2) is 24.3 Å². The van der Waals surface area contributed by atoms with Gasteiger partial charge in [0.25, 0.3) is 0 Å². The Bertz CT molecular complexity index is 887. The average molecular weight is 344 g/mol. The van der Waals surface area contributed by atoms with Gasteiger partial charge in [-0.25, -0.2) is 9.97 Å². The maximum Gasteiger partial charge on any atom is 0.152 e. The van der Waals surface area contributed by atoms with Crippen molar-refractivity contribution in [1.29, 1.82) is 0 Å². The number of nitrogens with two attached hydrogens (primary N) is 1. The fourth-order valence-corrected chi connectivity index (χ4v) is 2.99. The lowest BCUT2D eigenvalue weighted by atomic mass is 9.92. The van der Waals surface area contributed by atoms with E-state index in [0.29, 0.717) is 30.9 Å². The molecule has 134 valence electrons. The minimum absolute atomic E-state index is 0.134. The van der Waals surface area contributed by atoms with Crippen molar-refractivity contribution >= 4 is 27.8 Å². The third-order valence-corrected chi connectivity index (χ3v) is 4.52. The molecule has 0 aliphatic heterocycles. The number of rotatable bonds is 7. The van der Waals surface area contributed by atoms with Gasteiger partial charge in [0, 0.05) is 30.9 Å². The molecule has 2 heterocycles. The first-order chi connectivity index (χ1) is 12.0. The highest BCUT2D eigenvalue weighted by Crippen LogP contribution is 2.31. The quantitative estimate of drug-likeness (QED) is 0.597. The molecule has 0 bridgehead atoms. The van der Waals surface area contributed by atoms with Crippen molar-refractivity contribution in [2.45, 2.75) is 19.9 Å². The van der Waals surface area contributed by atoms with Gasteiger partial charge in [0.1, 0.15) is 11.3 Å². The van der Waals surface area contributed by atoms with Crippen molar-refractivity contribution in [3.63, 3.8) is 0 Å².